The van der Waals surface area contributed by atoms with E-state index in [0.29, 0.717) is 0 Å². The number of hydrogen-bond acceptors (Lipinski definition) is 4. The number of phosphoric acid groups is 1. The summed E-state index contributed by atoms with van der Waals surface area (Å²) < 4.78 is 8.55. The van der Waals surface area contributed by atoms with Crippen LogP contribution in [-0.2, 0) is 4.57 Å². The fourth-order valence-corrected chi connectivity index (χ4v) is 0. The smallest absolute Gasteiger partial charge is 0.822 e. The second kappa shape index (κ2) is 9.47. The molecule has 0 radical (unpaired) electrons. The summed E-state index contributed by atoms with van der Waals surface area (Å²) in [4.78, 5) is 25.6. The molecule has 0 saturated carbocycles. The van der Waals surface area contributed by atoms with E-state index in [1.54, 1.807) is 0 Å². The van der Waals surface area contributed by atoms with Crippen molar-refractivity contribution in [1.29, 1.82) is 0 Å². The average molecular weight is 176 g/mol. The van der Waals surface area contributed by atoms with Crippen LogP contribution in [0.3, 0.4) is 0 Å². The molecule has 8 heteroatoms. The van der Waals surface area contributed by atoms with Crippen molar-refractivity contribution in [2.75, 3.05) is 0 Å². The molecule has 8 heavy (non-hydrogen) atoms. The maximum absolute atomic E-state index is 8.55. The Morgan fingerprint density at radius 2 is 1.12 bits per heavy atom. The van der Waals surface area contributed by atoms with E-state index in [9.17, 15) is 0 Å². The summed E-state index contributed by atoms with van der Waals surface area (Å²) in [6.45, 7) is 0. The molecule has 0 aromatic heterocycles. The molecule has 0 heterocycles. The van der Waals surface area contributed by atoms with Gasteiger partial charge in [0.1, 0.15) is 0 Å². The number of hydrogen-bond donors (Lipinski definition) is 0. The quantitative estimate of drug-likeness (QED) is 0.269. The van der Waals surface area contributed by atoms with Gasteiger partial charge in [0.15, 0.2) is 0 Å². The van der Waals surface area contributed by atoms with Gasteiger partial charge in [-0.05, 0) is 0 Å². The van der Waals surface area contributed by atoms with Crippen molar-refractivity contribution in [3.63, 3.8) is 0 Å². The van der Waals surface area contributed by atoms with Gasteiger partial charge in [-0.1, -0.05) is 0 Å². The zero-order valence-corrected chi connectivity index (χ0v) is 9.72. The van der Waals surface area contributed by atoms with E-state index in [0.717, 1.165) is 0 Å². The van der Waals surface area contributed by atoms with Gasteiger partial charge in [0.25, 0.3) is 0 Å². The molecule has 0 bridgehead atoms. The predicted octanol–water partition coefficient (Wildman–Crippen LogP) is -7.03. The van der Waals surface area contributed by atoms with Gasteiger partial charge in [0, 0.05) is 0 Å². The summed E-state index contributed by atoms with van der Waals surface area (Å²) >= 11 is 0. The zero-order chi connectivity index (χ0) is 4.50. The molecule has 0 aliphatic carbocycles. The Labute approximate surface area is 105 Å². The van der Waals surface area contributed by atoms with Crippen LogP contribution >= 0.6 is 7.82 Å². The molecule has 0 rings (SSSR count). The molecule has 0 amide bonds. The summed E-state index contributed by atoms with van der Waals surface area (Å²) in [7, 11) is -5.39. The van der Waals surface area contributed by atoms with Crippen molar-refractivity contribution in [2.24, 2.45) is 0 Å². The predicted molar refractivity (Wildman–Crippen MR) is 17.0 cm³/mol. The summed E-state index contributed by atoms with van der Waals surface area (Å²) in [6, 6.07) is 0. The van der Waals surface area contributed by atoms with Crippen LogP contribution in [0.25, 0.3) is 0 Å². The molecule has 0 fully saturated rings. The fourth-order valence-electron chi connectivity index (χ4n) is 0. The molecular formula is H2KMgO5P. The van der Waals surface area contributed by atoms with Crippen molar-refractivity contribution < 1.29 is 76.1 Å². The topological polar surface area (TPSA) is 118 Å². The van der Waals surface area contributed by atoms with E-state index in [1.165, 1.54) is 0 Å². The van der Waals surface area contributed by atoms with Crippen LogP contribution in [0.2, 0.25) is 0 Å². The molecule has 0 saturated heterocycles. The van der Waals surface area contributed by atoms with Gasteiger partial charge in [-0.3, -0.25) is 0 Å². The van der Waals surface area contributed by atoms with Crippen molar-refractivity contribution in [3.8, 4) is 0 Å². The second-order valence-corrected chi connectivity index (χ2v) is 1.34. The standard InChI is InChI=1S/K.Mg.H3O4P.H2O/c;;1-5(2,3)4;/h;;(H3,1,2,3,4);1H2/q+1;+2;;/p-3. The van der Waals surface area contributed by atoms with E-state index in [-0.39, 0.29) is 79.9 Å². The summed E-state index contributed by atoms with van der Waals surface area (Å²) in [5.74, 6) is 0. The minimum Gasteiger partial charge on any atom is -0.822 e. The van der Waals surface area contributed by atoms with Crippen molar-refractivity contribution in [2.45, 2.75) is 0 Å². The summed E-state index contributed by atoms with van der Waals surface area (Å²) in [5.41, 5.74) is 0. The van der Waals surface area contributed by atoms with Crippen LogP contribution in [0.1, 0.15) is 0 Å². The molecular weight excluding hydrogens is 174 g/mol. The average Bonchev–Trinajstić information content (AvgIpc) is 0.722. The second-order valence-electron chi connectivity index (χ2n) is 0.447. The largest absolute Gasteiger partial charge is 2.00 e. The molecule has 0 unspecified atom stereocenters. The van der Waals surface area contributed by atoms with Gasteiger partial charge in [0.05, 0.1) is 0 Å². The van der Waals surface area contributed by atoms with Crippen molar-refractivity contribution in [3.05, 3.63) is 0 Å². The minimum atomic E-state index is -5.39. The third-order valence-electron chi connectivity index (χ3n) is 0. The van der Waals surface area contributed by atoms with Crippen LogP contribution in [-0.4, -0.2) is 28.5 Å². The normalized spacial score (nSPS) is 7.38. The fraction of sp³-hybridized carbons (Fsp3) is 0. The first-order valence-corrected chi connectivity index (χ1v) is 2.19. The maximum atomic E-state index is 8.55. The van der Waals surface area contributed by atoms with E-state index in [1.807, 2.05) is 0 Å². The monoisotopic (exact) mass is 176 g/mol. The van der Waals surface area contributed by atoms with Crippen LogP contribution in [0.5, 0.6) is 0 Å². The van der Waals surface area contributed by atoms with Gasteiger partial charge < -0.3 is 24.7 Å². The Morgan fingerprint density at radius 3 is 1.12 bits per heavy atom. The first-order chi connectivity index (χ1) is 2.00. The Morgan fingerprint density at radius 1 is 1.12 bits per heavy atom. The molecule has 0 aliphatic heterocycles. The van der Waals surface area contributed by atoms with Gasteiger partial charge in [0.2, 0.25) is 0 Å². The molecule has 5 nitrogen and oxygen atoms in total. The van der Waals surface area contributed by atoms with Crippen LogP contribution in [0, 0.1) is 0 Å². The van der Waals surface area contributed by atoms with Crippen molar-refractivity contribution >= 4 is 30.9 Å². The third kappa shape index (κ3) is 77.4. The first kappa shape index (κ1) is 22.4. The molecule has 0 aliphatic rings. The zero-order valence-electron chi connectivity index (χ0n) is 4.29. The molecule has 0 spiro atoms. The Kier molecular flexibility index (Phi) is 26.6. The van der Waals surface area contributed by atoms with E-state index in [2.05, 4.69) is 0 Å². The molecule has 40 valence electrons. The van der Waals surface area contributed by atoms with Gasteiger partial charge in [-0.25, -0.2) is 0 Å². The Hall–Kier alpha value is 2.47. The van der Waals surface area contributed by atoms with Crippen LogP contribution in [0.15, 0.2) is 0 Å². The third-order valence-corrected chi connectivity index (χ3v) is 0. The first-order valence-electron chi connectivity index (χ1n) is 0.730. The minimum absolute atomic E-state index is 0. The van der Waals surface area contributed by atoms with E-state index in [4.69, 9.17) is 19.2 Å². The van der Waals surface area contributed by atoms with E-state index < -0.39 is 7.82 Å². The van der Waals surface area contributed by atoms with Crippen LogP contribution in [0.4, 0.5) is 0 Å². The Bertz CT molecular complexity index is 58.6. The molecule has 2 N–H and O–H groups in total. The van der Waals surface area contributed by atoms with Gasteiger partial charge in [-0.2, -0.15) is 7.82 Å². The summed E-state index contributed by atoms with van der Waals surface area (Å²) in [6.07, 6.45) is 0. The summed E-state index contributed by atoms with van der Waals surface area (Å²) in [5, 5.41) is 0. The molecule has 0 aromatic rings. The maximum Gasteiger partial charge on any atom is 2.00 e. The SMILES string of the molecule is O.O=P([O-])([O-])[O-].[K+].[Mg+2]. The molecule has 0 aromatic carbocycles. The van der Waals surface area contributed by atoms with Gasteiger partial charge >= 0.3 is 74.4 Å². The van der Waals surface area contributed by atoms with Crippen LogP contribution < -0.4 is 66.1 Å². The molecule has 0 atom stereocenters. The number of rotatable bonds is 0. The van der Waals surface area contributed by atoms with E-state index >= 15 is 0 Å². The van der Waals surface area contributed by atoms with Gasteiger partial charge in [-0.15, -0.1) is 0 Å². The Balaban J connectivity index is -0.0000000267. The van der Waals surface area contributed by atoms with Crippen molar-refractivity contribution in [1.82, 2.24) is 0 Å².